The van der Waals surface area contributed by atoms with Gasteiger partial charge in [-0.25, -0.2) is 0 Å². The van der Waals surface area contributed by atoms with Crippen molar-refractivity contribution in [3.05, 3.63) is 133 Å². The second-order valence-electron chi connectivity index (χ2n) is 8.33. The lowest BCUT2D eigenvalue weighted by Gasteiger charge is -2.13. The van der Waals surface area contributed by atoms with E-state index in [1.165, 1.54) is 17.8 Å². The molecule has 0 aliphatic rings. The number of carbonyl (C=O) groups is 3. The van der Waals surface area contributed by atoms with Gasteiger partial charge in [0.15, 0.2) is 5.78 Å². The Balaban J connectivity index is 1.47. The zero-order valence-corrected chi connectivity index (χ0v) is 24.4. The topological polar surface area (TPSA) is 75.3 Å². The van der Waals surface area contributed by atoms with Crippen molar-refractivity contribution in [3.63, 3.8) is 0 Å². The van der Waals surface area contributed by atoms with Crippen LogP contribution in [0, 0.1) is 0 Å². The summed E-state index contributed by atoms with van der Waals surface area (Å²) in [6.07, 6.45) is 1.43. The van der Waals surface area contributed by atoms with E-state index in [-0.39, 0.29) is 17.2 Å². The molecule has 0 saturated carbocycles. The number of benzene rings is 4. The highest BCUT2D eigenvalue weighted by Gasteiger charge is 2.17. The lowest BCUT2D eigenvalue weighted by Crippen LogP contribution is -2.30. The van der Waals surface area contributed by atoms with Crippen LogP contribution in [0.1, 0.15) is 26.3 Å². The Morgan fingerprint density at radius 2 is 1.38 bits per heavy atom. The van der Waals surface area contributed by atoms with Gasteiger partial charge in [0.1, 0.15) is 5.70 Å². The summed E-state index contributed by atoms with van der Waals surface area (Å²) in [7, 11) is 0. The number of thioether (sulfide) groups is 1. The highest BCUT2D eigenvalue weighted by atomic mass is 35.5. The van der Waals surface area contributed by atoms with Gasteiger partial charge in [-0.15, -0.1) is 11.8 Å². The summed E-state index contributed by atoms with van der Waals surface area (Å²) in [5, 5.41) is 6.79. The molecule has 0 aliphatic carbocycles. The molecule has 0 aliphatic heterocycles. The van der Waals surface area contributed by atoms with Crippen LogP contribution in [0.4, 0.5) is 5.69 Å². The van der Waals surface area contributed by atoms with Gasteiger partial charge in [0, 0.05) is 37.3 Å². The number of amides is 2. The summed E-state index contributed by atoms with van der Waals surface area (Å²) in [5.41, 5.74) is 1.68. The summed E-state index contributed by atoms with van der Waals surface area (Å²) >= 11 is 25.9. The fourth-order valence-corrected chi connectivity index (χ4v) is 5.07. The monoisotopic (exact) mass is 628 g/mol. The first-order valence-electron chi connectivity index (χ1n) is 11.8. The molecular formula is C30H20Cl4N2O3S. The Hall–Kier alpha value is -3.26. The molecule has 5 nitrogen and oxygen atoms in total. The van der Waals surface area contributed by atoms with Crippen molar-refractivity contribution in [2.45, 2.75) is 4.90 Å². The van der Waals surface area contributed by atoms with Gasteiger partial charge in [-0.1, -0.05) is 70.7 Å². The van der Waals surface area contributed by atoms with Crippen molar-refractivity contribution < 1.29 is 14.4 Å². The molecule has 0 unspecified atom stereocenters. The molecule has 4 aromatic carbocycles. The van der Waals surface area contributed by atoms with Crippen LogP contribution < -0.4 is 10.6 Å². The number of anilines is 1. The zero-order valence-electron chi connectivity index (χ0n) is 20.6. The number of hydrogen-bond donors (Lipinski definition) is 2. The molecule has 0 saturated heterocycles. The summed E-state index contributed by atoms with van der Waals surface area (Å²) in [6, 6.07) is 25.2. The van der Waals surface area contributed by atoms with Crippen LogP contribution in [0.15, 0.2) is 102 Å². The van der Waals surface area contributed by atoms with Gasteiger partial charge < -0.3 is 10.6 Å². The lowest BCUT2D eigenvalue weighted by atomic mass is 10.1. The first-order chi connectivity index (χ1) is 19.2. The van der Waals surface area contributed by atoms with Crippen LogP contribution in [-0.4, -0.2) is 23.4 Å². The van der Waals surface area contributed by atoms with E-state index in [1.807, 2.05) is 0 Å². The van der Waals surface area contributed by atoms with Crippen molar-refractivity contribution in [2.75, 3.05) is 11.1 Å². The molecule has 0 bridgehead atoms. The second-order valence-corrected chi connectivity index (χ2v) is 11.0. The highest BCUT2D eigenvalue weighted by Crippen LogP contribution is 2.28. The number of Topliss-reactive ketones (excluding diaryl/α,β-unsaturated/α-hetero) is 1. The highest BCUT2D eigenvalue weighted by molar-refractivity contribution is 8.00. The molecule has 2 amide bonds. The fourth-order valence-electron chi connectivity index (χ4n) is 3.47. The van der Waals surface area contributed by atoms with Gasteiger partial charge in [-0.05, 0) is 72.8 Å². The zero-order chi connectivity index (χ0) is 28.6. The maximum Gasteiger partial charge on any atom is 0.272 e. The smallest absolute Gasteiger partial charge is 0.272 e. The van der Waals surface area contributed by atoms with Crippen molar-refractivity contribution in [2.24, 2.45) is 0 Å². The largest absolute Gasteiger partial charge is 0.321 e. The number of rotatable bonds is 9. The minimum atomic E-state index is -0.574. The van der Waals surface area contributed by atoms with Gasteiger partial charge in [0.05, 0.1) is 15.8 Å². The van der Waals surface area contributed by atoms with Gasteiger partial charge in [-0.3, -0.25) is 14.4 Å². The van der Waals surface area contributed by atoms with E-state index in [0.29, 0.717) is 42.5 Å². The second kappa shape index (κ2) is 13.9. The van der Waals surface area contributed by atoms with Crippen molar-refractivity contribution in [3.8, 4) is 0 Å². The number of nitrogens with one attached hydrogen (secondary N) is 2. The van der Waals surface area contributed by atoms with Crippen molar-refractivity contribution in [1.29, 1.82) is 0 Å². The van der Waals surface area contributed by atoms with Crippen molar-refractivity contribution in [1.82, 2.24) is 5.32 Å². The van der Waals surface area contributed by atoms with E-state index in [1.54, 1.807) is 91.0 Å². The Bertz CT molecular complexity index is 1570. The molecule has 4 aromatic rings. The van der Waals surface area contributed by atoms with Gasteiger partial charge in [0.25, 0.3) is 11.8 Å². The molecule has 4 rings (SSSR count). The molecule has 0 heterocycles. The van der Waals surface area contributed by atoms with Gasteiger partial charge >= 0.3 is 0 Å². The fraction of sp³-hybridized carbons (Fsp3) is 0.0333. The molecule has 202 valence electrons. The third-order valence-corrected chi connectivity index (χ3v) is 7.95. The average molecular weight is 630 g/mol. The molecule has 0 aromatic heterocycles. The lowest BCUT2D eigenvalue weighted by molar-refractivity contribution is -0.113. The van der Waals surface area contributed by atoms with Crippen LogP contribution in [0.2, 0.25) is 20.1 Å². The van der Waals surface area contributed by atoms with E-state index < -0.39 is 11.8 Å². The van der Waals surface area contributed by atoms with Gasteiger partial charge in [0.2, 0.25) is 0 Å². The van der Waals surface area contributed by atoms with Crippen LogP contribution in [0.5, 0.6) is 0 Å². The average Bonchev–Trinajstić information content (AvgIpc) is 2.95. The number of hydrogen-bond acceptors (Lipinski definition) is 4. The standard InChI is InChI=1S/C30H20Cl4N2O3S/c31-23-7-4-8-24(32)22(23)16-27(36-29(38)18-5-2-1-3-6-18)30(39)35-20-10-12-21(13-11-20)40-17-28(37)19-9-14-25(33)26(34)15-19/h1-16H,17H2,(H,35,39)(H,36,38)/b27-16-. The molecule has 2 N–H and O–H groups in total. The maximum absolute atomic E-state index is 13.3. The number of carbonyl (C=O) groups excluding carboxylic acids is 3. The van der Waals surface area contributed by atoms with Crippen LogP contribution in [-0.2, 0) is 4.79 Å². The Morgan fingerprint density at radius 3 is 2.02 bits per heavy atom. The summed E-state index contributed by atoms with van der Waals surface area (Å²) < 4.78 is 0. The maximum atomic E-state index is 13.3. The summed E-state index contributed by atoms with van der Waals surface area (Å²) in [6.45, 7) is 0. The minimum Gasteiger partial charge on any atom is -0.321 e. The van der Waals surface area contributed by atoms with Crippen LogP contribution in [0.25, 0.3) is 6.08 Å². The summed E-state index contributed by atoms with van der Waals surface area (Å²) in [5.74, 6) is -0.942. The van der Waals surface area contributed by atoms with E-state index in [4.69, 9.17) is 46.4 Å². The van der Waals surface area contributed by atoms with E-state index >= 15 is 0 Å². The first kappa shape index (κ1) is 29.7. The molecule has 40 heavy (non-hydrogen) atoms. The Kier molecular flexibility index (Phi) is 10.3. The van der Waals surface area contributed by atoms with E-state index in [0.717, 1.165) is 4.90 Å². The molecule has 10 heteroatoms. The molecule has 0 radical (unpaired) electrons. The molecular weight excluding hydrogens is 610 g/mol. The normalized spacial score (nSPS) is 11.2. The number of halogens is 4. The number of ketones is 1. The quantitative estimate of drug-likeness (QED) is 0.110. The minimum absolute atomic E-state index is 0.0467. The SMILES string of the molecule is O=C(Nc1ccc(SCC(=O)c2ccc(Cl)c(Cl)c2)cc1)/C(=C/c1c(Cl)cccc1Cl)NC(=O)c1ccccc1. The van der Waals surface area contributed by atoms with Crippen molar-refractivity contribution >= 4 is 87.5 Å². The third kappa shape index (κ3) is 7.90. The van der Waals surface area contributed by atoms with Gasteiger partial charge in [-0.2, -0.15) is 0 Å². The predicted molar refractivity (Wildman–Crippen MR) is 165 cm³/mol. The Morgan fingerprint density at radius 1 is 0.700 bits per heavy atom. The third-order valence-electron chi connectivity index (χ3n) is 5.54. The molecule has 0 fully saturated rings. The van der Waals surface area contributed by atoms with E-state index in [9.17, 15) is 14.4 Å². The van der Waals surface area contributed by atoms with Crippen LogP contribution >= 0.6 is 58.2 Å². The Labute approximate surface area is 255 Å². The molecule has 0 atom stereocenters. The van der Waals surface area contributed by atoms with E-state index in [2.05, 4.69) is 10.6 Å². The first-order valence-corrected chi connectivity index (χ1v) is 14.3. The predicted octanol–water partition coefficient (Wildman–Crippen LogP) is 8.68. The van der Waals surface area contributed by atoms with Crippen LogP contribution in [0.3, 0.4) is 0 Å². The summed E-state index contributed by atoms with van der Waals surface area (Å²) in [4.78, 5) is 39.4. The molecule has 0 spiro atoms.